The summed E-state index contributed by atoms with van der Waals surface area (Å²) < 4.78 is 6.21. The fourth-order valence-corrected chi connectivity index (χ4v) is 1.31. The second-order valence-electron chi connectivity index (χ2n) is 3.21. The average Bonchev–Trinajstić information content (AvgIpc) is 2.47. The van der Waals surface area contributed by atoms with Crippen molar-refractivity contribution in [2.75, 3.05) is 0 Å². The van der Waals surface area contributed by atoms with Crippen molar-refractivity contribution in [2.45, 2.75) is 13.8 Å². The summed E-state index contributed by atoms with van der Waals surface area (Å²) in [6, 6.07) is 9.37. The Kier molecular flexibility index (Phi) is 3.37. The van der Waals surface area contributed by atoms with Gasteiger partial charge in [0.25, 0.3) is 0 Å². The van der Waals surface area contributed by atoms with Crippen LogP contribution in [0.25, 0.3) is 11.5 Å². The van der Waals surface area contributed by atoms with Crippen LogP contribution < -0.4 is 4.73 Å². The van der Waals surface area contributed by atoms with Gasteiger partial charge >= 0.3 is 5.89 Å². The van der Waals surface area contributed by atoms with Gasteiger partial charge in [-0.15, -0.1) is 17.1 Å². The molecule has 15 heavy (non-hydrogen) atoms. The molecule has 0 radical (unpaired) electrons. The first-order valence-electron chi connectivity index (χ1n) is 4.45. The van der Waals surface area contributed by atoms with E-state index in [0.29, 0.717) is 17.3 Å². The number of aromatic nitrogens is 1. The van der Waals surface area contributed by atoms with E-state index >= 15 is 0 Å². The molecule has 0 aliphatic rings. The van der Waals surface area contributed by atoms with Crippen molar-refractivity contribution in [1.82, 2.24) is 0 Å². The van der Waals surface area contributed by atoms with Crippen molar-refractivity contribution < 1.29 is 9.15 Å². The molecular weight excluding hydrogens is 214 g/mol. The topological polar surface area (TPSA) is 40.1 Å². The number of nitrogens with zero attached hydrogens (tertiary/aromatic N) is 1. The van der Waals surface area contributed by atoms with E-state index in [1.165, 1.54) is 0 Å². The van der Waals surface area contributed by atoms with Crippen molar-refractivity contribution >= 4 is 12.4 Å². The van der Waals surface area contributed by atoms with E-state index in [9.17, 15) is 5.21 Å². The molecule has 0 bridgehead atoms. The Bertz CT molecular complexity index is 451. The zero-order chi connectivity index (χ0) is 10.1. The summed E-state index contributed by atoms with van der Waals surface area (Å²) in [4.78, 5) is 0. The van der Waals surface area contributed by atoms with Gasteiger partial charge in [-0.3, -0.25) is 0 Å². The van der Waals surface area contributed by atoms with Crippen LogP contribution >= 0.6 is 12.4 Å². The SMILES string of the molecule is Cc1oc(-c2ccccc2)[n+]([O-])c1C.Cl. The normalized spacial score (nSPS) is 9.73. The van der Waals surface area contributed by atoms with Crippen LogP contribution in [0.4, 0.5) is 0 Å². The number of hydrogen-bond donors (Lipinski definition) is 0. The largest absolute Gasteiger partial charge is 0.616 e. The summed E-state index contributed by atoms with van der Waals surface area (Å²) in [5, 5.41) is 11.6. The third-order valence-corrected chi connectivity index (χ3v) is 2.27. The molecule has 0 aliphatic carbocycles. The Hall–Kier alpha value is -1.48. The highest BCUT2D eigenvalue weighted by atomic mass is 35.5. The highest BCUT2D eigenvalue weighted by molar-refractivity contribution is 5.85. The lowest BCUT2D eigenvalue weighted by molar-refractivity contribution is -0.602. The summed E-state index contributed by atoms with van der Waals surface area (Å²) >= 11 is 0. The lowest BCUT2D eigenvalue weighted by Gasteiger charge is -1.96. The minimum absolute atomic E-state index is 0. The van der Waals surface area contributed by atoms with Crippen molar-refractivity contribution in [3.05, 3.63) is 47.0 Å². The number of oxazole rings is 1. The molecule has 80 valence electrons. The third kappa shape index (κ3) is 1.97. The van der Waals surface area contributed by atoms with Gasteiger partial charge in [0.15, 0.2) is 5.76 Å². The lowest BCUT2D eigenvalue weighted by Crippen LogP contribution is -2.29. The molecule has 4 heteroatoms. The van der Waals surface area contributed by atoms with E-state index in [1.54, 1.807) is 13.8 Å². The molecule has 0 N–H and O–H groups in total. The van der Waals surface area contributed by atoms with Crippen molar-refractivity contribution in [3.8, 4) is 11.5 Å². The maximum atomic E-state index is 11.6. The average molecular weight is 226 g/mol. The van der Waals surface area contributed by atoms with Crippen LogP contribution in [0, 0.1) is 19.1 Å². The van der Waals surface area contributed by atoms with E-state index in [1.807, 2.05) is 30.3 Å². The van der Waals surface area contributed by atoms with Gasteiger partial charge in [0.05, 0.1) is 5.56 Å². The van der Waals surface area contributed by atoms with Crippen LogP contribution in [0.1, 0.15) is 11.5 Å². The Morgan fingerprint density at radius 2 is 1.73 bits per heavy atom. The molecule has 0 spiro atoms. The smallest absolute Gasteiger partial charge is 0.392 e. The maximum absolute atomic E-state index is 11.6. The Morgan fingerprint density at radius 3 is 2.20 bits per heavy atom. The van der Waals surface area contributed by atoms with Crippen molar-refractivity contribution in [1.29, 1.82) is 0 Å². The van der Waals surface area contributed by atoms with Crippen molar-refractivity contribution in [2.24, 2.45) is 0 Å². The highest BCUT2D eigenvalue weighted by Gasteiger charge is 2.19. The monoisotopic (exact) mass is 225 g/mol. The van der Waals surface area contributed by atoms with Crippen molar-refractivity contribution in [3.63, 3.8) is 0 Å². The van der Waals surface area contributed by atoms with Crippen LogP contribution in [0.2, 0.25) is 0 Å². The van der Waals surface area contributed by atoms with Gasteiger partial charge in [-0.2, -0.15) is 0 Å². The van der Waals surface area contributed by atoms with E-state index in [0.717, 1.165) is 10.3 Å². The van der Waals surface area contributed by atoms with Gasteiger partial charge < -0.3 is 9.62 Å². The maximum Gasteiger partial charge on any atom is 0.392 e. The molecule has 1 aromatic heterocycles. The van der Waals surface area contributed by atoms with Crippen LogP contribution in [0.15, 0.2) is 34.7 Å². The number of benzene rings is 1. The quantitative estimate of drug-likeness (QED) is 0.553. The molecule has 0 fully saturated rings. The summed E-state index contributed by atoms with van der Waals surface area (Å²) in [6.45, 7) is 3.54. The zero-order valence-corrected chi connectivity index (χ0v) is 9.38. The molecular formula is C11H12ClNO2. The van der Waals surface area contributed by atoms with Gasteiger partial charge in [0.1, 0.15) is 0 Å². The predicted molar refractivity (Wildman–Crippen MR) is 59.8 cm³/mol. The second-order valence-corrected chi connectivity index (χ2v) is 3.21. The van der Waals surface area contributed by atoms with E-state index < -0.39 is 0 Å². The molecule has 0 amide bonds. The van der Waals surface area contributed by atoms with E-state index in [2.05, 4.69) is 0 Å². The highest BCUT2D eigenvalue weighted by Crippen LogP contribution is 2.18. The first kappa shape index (κ1) is 11.6. The van der Waals surface area contributed by atoms with Gasteiger partial charge in [-0.25, -0.2) is 0 Å². The molecule has 0 saturated carbocycles. The number of hydrogen-bond acceptors (Lipinski definition) is 2. The summed E-state index contributed by atoms with van der Waals surface area (Å²) in [6.07, 6.45) is 0. The molecule has 3 nitrogen and oxygen atoms in total. The second kappa shape index (κ2) is 4.36. The lowest BCUT2D eigenvalue weighted by atomic mass is 10.2. The fourth-order valence-electron chi connectivity index (χ4n) is 1.31. The molecule has 0 unspecified atom stereocenters. The Morgan fingerprint density at radius 1 is 1.13 bits per heavy atom. The van der Waals surface area contributed by atoms with Crippen LogP contribution in [-0.4, -0.2) is 0 Å². The standard InChI is InChI=1S/C11H11NO2.ClH/c1-8-9(2)14-11(12(8)13)10-6-4-3-5-7-10;/h3-7H,1-2H3;1H. The van der Waals surface area contributed by atoms with Gasteiger partial charge in [-0.1, -0.05) is 18.2 Å². The van der Waals surface area contributed by atoms with Gasteiger partial charge in [-0.05, 0) is 12.1 Å². The third-order valence-electron chi connectivity index (χ3n) is 2.27. The number of aryl methyl sites for hydroxylation is 1. The zero-order valence-electron chi connectivity index (χ0n) is 8.56. The Labute approximate surface area is 94.3 Å². The molecule has 0 atom stereocenters. The van der Waals surface area contributed by atoms with Crippen LogP contribution in [0.5, 0.6) is 0 Å². The first-order valence-corrected chi connectivity index (χ1v) is 4.45. The Balaban J connectivity index is 0.00000112. The molecule has 2 aromatic rings. The molecule has 0 saturated heterocycles. The molecule has 1 heterocycles. The van der Waals surface area contributed by atoms with Crippen LogP contribution in [-0.2, 0) is 0 Å². The minimum atomic E-state index is 0. The van der Waals surface area contributed by atoms with E-state index in [4.69, 9.17) is 4.42 Å². The van der Waals surface area contributed by atoms with Gasteiger partial charge in [0.2, 0.25) is 5.69 Å². The predicted octanol–water partition coefficient (Wildman–Crippen LogP) is 2.62. The fraction of sp³-hybridized carbons (Fsp3) is 0.182. The molecule has 2 rings (SSSR count). The number of rotatable bonds is 1. The minimum Gasteiger partial charge on any atom is -0.616 e. The first-order chi connectivity index (χ1) is 6.70. The number of halogens is 1. The van der Waals surface area contributed by atoms with E-state index in [-0.39, 0.29) is 12.4 Å². The summed E-state index contributed by atoms with van der Waals surface area (Å²) in [5.41, 5.74) is 1.42. The molecule has 1 aromatic carbocycles. The van der Waals surface area contributed by atoms with Gasteiger partial charge in [0, 0.05) is 13.8 Å². The summed E-state index contributed by atoms with van der Waals surface area (Å²) in [7, 11) is 0. The molecule has 0 aliphatic heterocycles. The van der Waals surface area contributed by atoms with Crippen LogP contribution in [0.3, 0.4) is 0 Å². The summed E-state index contributed by atoms with van der Waals surface area (Å²) in [5.74, 6) is 1.03.